The summed E-state index contributed by atoms with van der Waals surface area (Å²) >= 11 is 10.5. The second kappa shape index (κ2) is 4.00. The Hall–Kier alpha value is -1.39. The third-order valence-electron chi connectivity index (χ3n) is 1.90. The lowest BCUT2D eigenvalue weighted by atomic mass is 10.2. The van der Waals surface area contributed by atoms with Gasteiger partial charge >= 0.3 is 0 Å². The fourth-order valence-electron chi connectivity index (χ4n) is 1.21. The van der Waals surface area contributed by atoms with E-state index in [1.165, 1.54) is 0 Å². The molecule has 0 saturated carbocycles. The van der Waals surface area contributed by atoms with Crippen molar-refractivity contribution in [3.8, 4) is 0 Å². The van der Waals surface area contributed by atoms with Gasteiger partial charge in [0.2, 0.25) is 0 Å². The summed E-state index contributed by atoms with van der Waals surface area (Å²) in [7, 11) is 0. The molecule has 1 heterocycles. The van der Waals surface area contributed by atoms with Crippen LogP contribution in [0.4, 0.5) is 0 Å². The summed E-state index contributed by atoms with van der Waals surface area (Å²) in [6, 6.07) is 7.18. The Kier molecular flexibility index (Phi) is 2.70. The van der Waals surface area contributed by atoms with E-state index in [4.69, 9.17) is 23.8 Å². The van der Waals surface area contributed by atoms with Crippen LogP contribution in [0.3, 0.4) is 0 Å². The summed E-state index contributed by atoms with van der Waals surface area (Å²) in [5.74, 6) is -0.213. The highest BCUT2D eigenvalue weighted by Gasteiger charge is 2.19. The maximum atomic E-state index is 11.3. The highest BCUT2D eigenvalue weighted by atomic mass is 35.5. The number of benzene rings is 1. The van der Waals surface area contributed by atoms with E-state index in [1.54, 1.807) is 18.2 Å². The van der Waals surface area contributed by atoms with E-state index in [0.717, 1.165) is 5.56 Å². The zero-order valence-electron chi connectivity index (χ0n) is 7.58. The minimum absolute atomic E-state index is 0.213. The zero-order chi connectivity index (χ0) is 10.8. The van der Waals surface area contributed by atoms with Gasteiger partial charge in [-0.2, -0.15) is 0 Å². The Morgan fingerprint density at radius 2 is 1.87 bits per heavy atom. The van der Waals surface area contributed by atoms with Gasteiger partial charge in [-0.05, 0) is 36.0 Å². The molecule has 0 unspecified atom stereocenters. The van der Waals surface area contributed by atoms with Crippen LogP contribution >= 0.6 is 23.8 Å². The Morgan fingerprint density at radius 3 is 2.40 bits per heavy atom. The molecule has 15 heavy (non-hydrogen) atoms. The average molecular weight is 239 g/mol. The first-order chi connectivity index (χ1) is 7.15. The molecule has 1 saturated heterocycles. The van der Waals surface area contributed by atoms with E-state index >= 15 is 0 Å². The second-order valence-corrected chi connectivity index (χ2v) is 3.86. The van der Waals surface area contributed by atoms with Gasteiger partial charge in [0.1, 0.15) is 5.70 Å². The van der Waals surface area contributed by atoms with Crippen molar-refractivity contribution in [3.05, 3.63) is 40.5 Å². The topological polar surface area (TPSA) is 41.1 Å². The minimum Gasteiger partial charge on any atom is -0.328 e. The molecule has 0 aromatic heterocycles. The first-order valence-corrected chi connectivity index (χ1v) is 5.03. The van der Waals surface area contributed by atoms with Crippen molar-refractivity contribution in [3.63, 3.8) is 0 Å². The van der Waals surface area contributed by atoms with Gasteiger partial charge in [0.05, 0.1) is 0 Å². The number of amides is 1. The standard InChI is InChI=1S/C10H7ClN2OS/c11-7-3-1-6(2-4-7)5-8-9(14)13-10(15)12-8/h1-5H,(H2,12,13,14,15)/b8-5-. The Labute approximate surface area is 97.1 Å². The van der Waals surface area contributed by atoms with Crippen LogP contribution in [0.5, 0.6) is 0 Å². The van der Waals surface area contributed by atoms with Gasteiger partial charge in [0.25, 0.3) is 5.91 Å². The number of thiocarbonyl (C=S) groups is 1. The molecule has 5 heteroatoms. The van der Waals surface area contributed by atoms with E-state index in [2.05, 4.69) is 10.6 Å². The summed E-state index contributed by atoms with van der Waals surface area (Å²) in [5.41, 5.74) is 1.34. The highest BCUT2D eigenvalue weighted by molar-refractivity contribution is 7.80. The number of hydrogen-bond acceptors (Lipinski definition) is 2. The Balaban J connectivity index is 2.27. The molecule has 0 aliphatic carbocycles. The van der Waals surface area contributed by atoms with Crippen molar-refractivity contribution in [1.82, 2.24) is 10.6 Å². The molecule has 0 spiro atoms. The molecule has 3 nitrogen and oxygen atoms in total. The van der Waals surface area contributed by atoms with Gasteiger partial charge in [0, 0.05) is 5.02 Å². The molecule has 1 aromatic carbocycles. The number of hydrogen-bond donors (Lipinski definition) is 2. The summed E-state index contributed by atoms with van der Waals surface area (Å²) < 4.78 is 0. The first kappa shape index (κ1) is 10.1. The summed E-state index contributed by atoms with van der Waals surface area (Å²) in [6.07, 6.45) is 1.71. The smallest absolute Gasteiger partial charge is 0.273 e. The van der Waals surface area contributed by atoms with Crippen LogP contribution in [0.2, 0.25) is 5.02 Å². The fraction of sp³-hybridized carbons (Fsp3) is 0. The van der Waals surface area contributed by atoms with Crippen molar-refractivity contribution in [2.75, 3.05) is 0 Å². The SMILES string of the molecule is O=C1NC(=S)N/C1=C\c1ccc(Cl)cc1. The monoisotopic (exact) mass is 238 g/mol. The third kappa shape index (κ3) is 2.34. The number of nitrogens with one attached hydrogen (secondary N) is 2. The molecule has 0 radical (unpaired) electrons. The van der Waals surface area contributed by atoms with Crippen molar-refractivity contribution in [2.24, 2.45) is 0 Å². The van der Waals surface area contributed by atoms with E-state index in [-0.39, 0.29) is 5.91 Å². The van der Waals surface area contributed by atoms with Gasteiger partial charge in [-0.15, -0.1) is 0 Å². The highest BCUT2D eigenvalue weighted by Crippen LogP contribution is 2.12. The molecule has 0 bridgehead atoms. The molecular weight excluding hydrogens is 232 g/mol. The quantitative estimate of drug-likeness (QED) is 0.578. The van der Waals surface area contributed by atoms with E-state index < -0.39 is 0 Å². The van der Waals surface area contributed by atoms with E-state index in [9.17, 15) is 4.79 Å². The Bertz CT molecular complexity index is 453. The van der Waals surface area contributed by atoms with Gasteiger partial charge in [-0.25, -0.2) is 0 Å². The molecule has 2 rings (SSSR count). The number of halogens is 1. The van der Waals surface area contributed by atoms with Gasteiger partial charge in [0.15, 0.2) is 5.11 Å². The molecule has 1 aliphatic rings. The van der Waals surface area contributed by atoms with Crippen LogP contribution in [0, 0.1) is 0 Å². The second-order valence-electron chi connectivity index (χ2n) is 3.02. The van der Waals surface area contributed by atoms with Crippen LogP contribution in [0.25, 0.3) is 6.08 Å². The van der Waals surface area contributed by atoms with Crippen molar-refractivity contribution in [1.29, 1.82) is 0 Å². The van der Waals surface area contributed by atoms with Gasteiger partial charge < -0.3 is 5.32 Å². The normalized spacial score (nSPS) is 17.8. The van der Waals surface area contributed by atoms with E-state index in [0.29, 0.717) is 15.8 Å². The predicted molar refractivity (Wildman–Crippen MR) is 63.3 cm³/mol. The van der Waals surface area contributed by atoms with Crippen LogP contribution in [0.15, 0.2) is 30.0 Å². The summed E-state index contributed by atoms with van der Waals surface area (Å²) in [6.45, 7) is 0. The zero-order valence-corrected chi connectivity index (χ0v) is 9.15. The lowest BCUT2D eigenvalue weighted by Crippen LogP contribution is -2.21. The van der Waals surface area contributed by atoms with Gasteiger partial charge in [-0.1, -0.05) is 23.7 Å². The fourth-order valence-corrected chi connectivity index (χ4v) is 1.54. The van der Waals surface area contributed by atoms with Crippen LogP contribution in [-0.2, 0) is 4.79 Å². The molecule has 76 valence electrons. The minimum atomic E-state index is -0.213. The van der Waals surface area contributed by atoms with Crippen LogP contribution < -0.4 is 10.6 Å². The Morgan fingerprint density at radius 1 is 1.20 bits per heavy atom. The average Bonchev–Trinajstić information content (AvgIpc) is 2.49. The predicted octanol–water partition coefficient (Wildman–Crippen LogP) is 1.69. The first-order valence-electron chi connectivity index (χ1n) is 4.25. The maximum absolute atomic E-state index is 11.3. The summed E-state index contributed by atoms with van der Waals surface area (Å²) in [4.78, 5) is 11.3. The van der Waals surface area contributed by atoms with Crippen molar-refractivity contribution >= 4 is 40.9 Å². The number of carbonyl (C=O) groups excluding carboxylic acids is 1. The largest absolute Gasteiger partial charge is 0.328 e. The van der Waals surface area contributed by atoms with Crippen molar-refractivity contribution < 1.29 is 4.79 Å². The van der Waals surface area contributed by atoms with E-state index in [1.807, 2.05) is 12.1 Å². The van der Waals surface area contributed by atoms with Crippen molar-refractivity contribution in [2.45, 2.75) is 0 Å². The van der Waals surface area contributed by atoms with Crippen LogP contribution in [0.1, 0.15) is 5.56 Å². The number of rotatable bonds is 1. The summed E-state index contributed by atoms with van der Waals surface area (Å²) in [5, 5.41) is 6.25. The molecule has 1 aliphatic heterocycles. The molecular formula is C10H7ClN2OS. The third-order valence-corrected chi connectivity index (χ3v) is 2.36. The molecule has 1 aromatic rings. The maximum Gasteiger partial charge on any atom is 0.273 e. The lowest BCUT2D eigenvalue weighted by Gasteiger charge is -1.96. The lowest BCUT2D eigenvalue weighted by molar-refractivity contribution is -0.115. The number of carbonyl (C=O) groups is 1. The van der Waals surface area contributed by atoms with Crippen LogP contribution in [-0.4, -0.2) is 11.0 Å². The molecule has 2 N–H and O–H groups in total. The molecule has 0 atom stereocenters. The molecule has 1 fully saturated rings. The van der Waals surface area contributed by atoms with Gasteiger partial charge in [-0.3, -0.25) is 10.1 Å². The molecule has 1 amide bonds.